The van der Waals surface area contributed by atoms with Crippen LogP contribution in [0.3, 0.4) is 0 Å². The number of carbonyl (C=O) groups is 3. The molecule has 0 saturated carbocycles. The SMILES string of the molecule is C=CCCCOC(=O)[C@H]1[C@@H]2OC3(CC2Br)C(C(=O)N(CC=C)CCCC)N(CCCCCCO)C(=O)[C@H]13. The van der Waals surface area contributed by atoms with Crippen LogP contribution in [0.15, 0.2) is 25.3 Å². The van der Waals surface area contributed by atoms with E-state index in [0.717, 1.165) is 32.1 Å². The number of carbonyl (C=O) groups excluding carboxylic acids is 3. The van der Waals surface area contributed by atoms with Crippen molar-refractivity contribution < 1.29 is 29.0 Å². The molecule has 0 aliphatic carbocycles. The van der Waals surface area contributed by atoms with Crippen LogP contribution in [0.2, 0.25) is 0 Å². The van der Waals surface area contributed by atoms with Gasteiger partial charge in [-0.2, -0.15) is 0 Å². The number of rotatable bonds is 17. The number of aliphatic hydroxyl groups excluding tert-OH is 1. The Bertz CT molecular complexity index is 837. The van der Waals surface area contributed by atoms with Gasteiger partial charge in [0.05, 0.1) is 24.5 Å². The van der Waals surface area contributed by atoms with Crippen LogP contribution < -0.4 is 0 Å². The highest BCUT2D eigenvalue weighted by Gasteiger charge is 2.77. The normalized spacial score (nSPS) is 29.9. The van der Waals surface area contributed by atoms with Crippen LogP contribution in [-0.4, -0.2) is 88.1 Å². The van der Waals surface area contributed by atoms with E-state index >= 15 is 0 Å². The van der Waals surface area contributed by atoms with Crippen molar-refractivity contribution in [3.8, 4) is 0 Å². The van der Waals surface area contributed by atoms with Gasteiger partial charge in [0.25, 0.3) is 0 Å². The first-order valence-electron chi connectivity index (χ1n) is 13.8. The fourth-order valence-electron chi connectivity index (χ4n) is 6.13. The van der Waals surface area contributed by atoms with E-state index in [-0.39, 0.29) is 29.9 Å². The summed E-state index contributed by atoms with van der Waals surface area (Å²) in [6.45, 7) is 11.4. The highest BCUT2D eigenvalue weighted by Crippen LogP contribution is 2.60. The lowest BCUT2D eigenvalue weighted by atomic mass is 9.70. The molecule has 3 aliphatic rings. The Labute approximate surface area is 229 Å². The summed E-state index contributed by atoms with van der Waals surface area (Å²) < 4.78 is 12.1. The molecule has 0 radical (unpaired) electrons. The number of halogens is 1. The standard InChI is InChI=1S/C28H43BrN2O6/c1-4-7-13-18-36-27(35)21-22-25(33)31(16-11-9-10-12-17-32)24(28(22)19-20(29)23(21)37-28)26(34)30(14-6-3)15-8-5-2/h4,6,20-24,32H,1,3,5,7-19H2,2H3/t20?,21-,22+,23-,24?,28?/m1/s1. The maximum Gasteiger partial charge on any atom is 0.312 e. The van der Waals surface area contributed by atoms with Crippen LogP contribution in [0, 0.1) is 11.8 Å². The van der Waals surface area contributed by atoms with Gasteiger partial charge >= 0.3 is 5.97 Å². The average molecular weight is 584 g/mol. The van der Waals surface area contributed by atoms with E-state index in [1.54, 1.807) is 22.0 Å². The molecule has 208 valence electrons. The third kappa shape index (κ3) is 6.14. The number of aliphatic hydroxyl groups is 1. The highest BCUT2D eigenvalue weighted by atomic mass is 79.9. The Kier molecular flexibility index (Phi) is 11.2. The highest BCUT2D eigenvalue weighted by molar-refractivity contribution is 9.09. The lowest BCUT2D eigenvalue weighted by molar-refractivity contribution is -0.155. The fraction of sp³-hybridized carbons (Fsp3) is 0.750. The zero-order valence-electron chi connectivity index (χ0n) is 22.1. The monoisotopic (exact) mass is 582 g/mol. The molecule has 3 heterocycles. The number of alkyl halides is 1. The molecule has 1 spiro atoms. The molecule has 8 nitrogen and oxygen atoms in total. The Morgan fingerprint density at radius 3 is 2.65 bits per heavy atom. The molecule has 6 atom stereocenters. The van der Waals surface area contributed by atoms with Gasteiger partial charge in [-0.15, -0.1) is 13.2 Å². The minimum absolute atomic E-state index is 0.139. The number of ether oxygens (including phenoxy) is 2. The first-order valence-corrected chi connectivity index (χ1v) is 14.7. The molecule has 3 saturated heterocycles. The molecule has 9 heteroatoms. The van der Waals surface area contributed by atoms with Crippen LogP contribution in [0.4, 0.5) is 0 Å². The molecule has 3 rings (SSSR count). The largest absolute Gasteiger partial charge is 0.465 e. The molecule has 0 aromatic rings. The zero-order chi connectivity index (χ0) is 27.0. The van der Waals surface area contributed by atoms with Gasteiger partial charge in [0, 0.05) is 31.1 Å². The number of unbranched alkanes of at least 4 members (excludes halogenated alkanes) is 5. The second-order valence-corrected chi connectivity index (χ2v) is 11.5. The van der Waals surface area contributed by atoms with E-state index < -0.39 is 35.6 Å². The van der Waals surface area contributed by atoms with Crippen molar-refractivity contribution in [3.63, 3.8) is 0 Å². The van der Waals surface area contributed by atoms with E-state index in [0.29, 0.717) is 45.3 Å². The Morgan fingerprint density at radius 1 is 1.22 bits per heavy atom. The average Bonchev–Trinajstić information content (AvgIpc) is 3.47. The van der Waals surface area contributed by atoms with Crippen molar-refractivity contribution in [1.29, 1.82) is 0 Å². The summed E-state index contributed by atoms with van der Waals surface area (Å²) in [6.07, 6.45) is 9.79. The van der Waals surface area contributed by atoms with Crippen molar-refractivity contribution in [2.75, 3.05) is 32.8 Å². The number of hydrogen-bond donors (Lipinski definition) is 1. The number of allylic oxidation sites excluding steroid dienone is 1. The van der Waals surface area contributed by atoms with Crippen molar-refractivity contribution in [2.45, 2.75) is 87.3 Å². The lowest BCUT2D eigenvalue weighted by Crippen LogP contribution is -2.57. The van der Waals surface area contributed by atoms with Gasteiger partial charge in [0.2, 0.25) is 11.8 Å². The summed E-state index contributed by atoms with van der Waals surface area (Å²) in [5, 5.41) is 9.10. The zero-order valence-corrected chi connectivity index (χ0v) is 23.7. The second-order valence-electron chi connectivity index (χ2n) is 10.4. The van der Waals surface area contributed by atoms with Crippen LogP contribution in [0.5, 0.6) is 0 Å². The molecule has 1 N–H and O–H groups in total. The van der Waals surface area contributed by atoms with E-state index in [9.17, 15) is 14.4 Å². The van der Waals surface area contributed by atoms with Crippen molar-refractivity contribution in [2.24, 2.45) is 11.8 Å². The molecule has 2 bridgehead atoms. The van der Waals surface area contributed by atoms with E-state index in [4.69, 9.17) is 14.6 Å². The number of amides is 2. The van der Waals surface area contributed by atoms with Crippen LogP contribution in [-0.2, 0) is 23.9 Å². The predicted molar refractivity (Wildman–Crippen MR) is 145 cm³/mol. The Balaban J connectivity index is 1.90. The molecule has 0 aromatic heterocycles. The molecule has 2 amide bonds. The first-order chi connectivity index (χ1) is 17.9. The Hall–Kier alpha value is -1.71. The molecule has 3 unspecified atom stereocenters. The minimum atomic E-state index is -1.06. The van der Waals surface area contributed by atoms with Gasteiger partial charge in [-0.05, 0) is 38.5 Å². The summed E-state index contributed by atoms with van der Waals surface area (Å²) in [4.78, 5) is 44.7. The van der Waals surface area contributed by atoms with E-state index in [1.807, 2.05) is 0 Å². The minimum Gasteiger partial charge on any atom is -0.465 e. The summed E-state index contributed by atoms with van der Waals surface area (Å²) in [5.74, 6) is -2.23. The third-order valence-electron chi connectivity index (χ3n) is 7.84. The van der Waals surface area contributed by atoms with Crippen molar-refractivity contribution in [3.05, 3.63) is 25.3 Å². The summed E-state index contributed by atoms with van der Waals surface area (Å²) in [7, 11) is 0. The number of fused-ring (bicyclic) bond motifs is 1. The van der Waals surface area contributed by atoms with E-state index in [1.165, 1.54) is 0 Å². The van der Waals surface area contributed by atoms with Crippen molar-refractivity contribution in [1.82, 2.24) is 9.80 Å². The van der Waals surface area contributed by atoms with Gasteiger partial charge in [-0.3, -0.25) is 14.4 Å². The van der Waals surface area contributed by atoms with Crippen LogP contribution >= 0.6 is 15.9 Å². The summed E-state index contributed by atoms with van der Waals surface area (Å²) >= 11 is 3.70. The Morgan fingerprint density at radius 2 is 1.97 bits per heavy atom. The maximum absolute atomic E-state index is 14.1. The van der Waals surface area contributed by atoms with Crippen LogP contribution in [0.25, 0.3) is 0 Å². The lowest BCUT2D eigenvalue weighted by Gasteiger charge is -2.37. The van der Waals surface area contributed by atoms with Gasteiger partial charge in [-0.1, -0.05) is 54.3 Å². The molecule has 3 aliphatic heterocycles. The quantitative estimate of drug-likeness (QED) is 0.122. The fourth-order valence-corrected chi connectivity index (χ4v) is 7.07. The molecular formula is C28H43BrN2O6. The maximum atomic E-state index is 14.1. The number of likely N-dealkylation sites (tertiary alicyclic amines) is 1. The van der Waals surface area contributed by atoms with Gasteiger partial charge in [0.1, 0.15) is 11.6 Å². The molecule has 3 fully saturated rings. The first kappa shape index (κ1) is 29.8. The third-order valence-corrected chi connectivity index (χ3v) is 8.69. The number of hydrogen-bond acceptors (Lipinski definition) is 6. The van der Waals surface area contributed by atoms with Gasteiger partial charge in [0.15, 0.2) is 0 Å². The summed E-state index contributed by atoms with van der Waals surface area (Å²) in [5.41, 5.74) is -1.06. The molecule has 0 aromatic carbocycles. The van der Waals surface area contributed by atoms with Gasteiger partial charge < -0.3 is 24.4 Å². The van der Waals surface area contributed by atoms with E-state index in [2.05, 4.69) is 36.0 Å². The smallest absolute Gasteiger partial charge is 0.312 e. The number of esters is 1. The van der Waals surface area contributed by atoms with Gasteiger partial charge in [-0.25, -0.2) is 0 Å². The van der Waals surface area contributed by atoms with Crippen LogP contribution in [0.1, 0.15) is 64.7 Å². The topological polar surface area (TPSA) is 96.4 Å². The summed E-state index contributed by atoms with van der Waals surface area (Å²) in [6, 6.07) is -0.789. The molecule has 37 heavy (non-hydrogen) atoms. The predicted octanol–water partition coefficient (Wildman–Crippen LogP) is 3.61. The number of nitrogens with zero attached hydrogens (tertiary/aromatic N) is 2. The van der Waals surface area contributed by atoms with Crippen molar-refractivity contribution >= 4 is 33.7 Å². The second kappa shape index (κ2) is 13.9. The molecular weight excluding hydrogens is 540 g/mol.